The second-order valence-electron chi connectivity index (χ2n) is 7.68. The topological polar surface area (TPSA) is 92.7 Å². The fourth-order valence-electron chi connectivity index (χ4n) is 3.85. The summed E-state index contributed by atoms with van der Waals surface area (Å²) in [5.41, 5.74) is 1.55. The number of H-pyrrole nitrogens is 1. The van der Waals surface area contributed by atoms with Gasteiger partial charge in [-0.25, -0.2) is 9.78 Å². The number of aromatic nitrogens is 4. The van der Waals surface area contributed by atoms with Crippen LogP contribution in [0.4, 0.5) is 19.0 Å². The van der Waals surface area contributed by atoms with E-state index in [1.807, 2.05) is 6.07 Å². The first-order valence-electron chi connectivity index (χ1n) is 10.2. The molecule has 0 spiro atoms. The zero-order valence-corrected chi connectivity index (χ0v) is 17.6. The maximum atomic E-state index is 13.3. The Morgan fingerprint density at radius 1 is 1.00 bits per heavy atom. The molecular weight excluding hydrogens is 447 g/mol. The van der Waals surface area contributed by atoms with Crippen LogP contribution in [0.25, 0.3) is 38.8 Å². The minimum atomic E-state index is -4.54. The van der Waals surface area contributed by atoms with Crippen LogP contribution in [0.3, 0.4) is 0 Å². The van der Waals surface area contributed by atoms with Crippen molar-refractivity contribution >= 4 is 33.7 Å². The van der Waals surface area contributed by atoms with Crippen LogP contribution in [0.15, 0.2) is 71.8 Å². The number of imidazole rings is 1. The number of halogens is 3. The molecule has 5 aromatic rings. The van der Waals surface area contributed by atoms with Gasteiger partial charge in [-0.2, -0.15) is 13.2 Å². The third-order valence-electron chi connectivity index (χ3n) is 5.34. The Balaban J connectivity index is 1.70. The quantitative estimate of drug-likeness (QED) is 0.398. The number of carbonyl (C=O) groups excluding carboxylic acids is 1. The minimum Gasteiger partial charge on any atom is -0.311 e. The molecule has 0 aliphatic carbocycles. The summed E-state index contributed by atoms with van der Waals surface area (Å²) in [6.07, 6.45) is -1.47. The molecule has 0 unspecified atom stereocenters. The molecular formula is C24H16F3N5O2. The minimum absolute atomic E-state index is 0.0882. The van der Waals surface area contributed by atoms with E-state index in [2.05, 4.69) is 20.3 Å². The van der Waals surface area contributed by atoms with Gasteiger partial charge >= 0.3 is 11.9 Å². The number of carbonyl (C=O) groups is 1. The van der Waals surface area contributed by atoms with E-state index in [0.717, 1.165) is 23.3 Å². The Morgan fingerprint density at radius 2 is 1.79 bits per heavy atom. The van der Waals surface area contributed by atoms with Crippen molar-refractivity contribution in [2.24, 2.45) is 0 Å². The molecule has 1 amide bonds. The number of nitrogens with one attached hydrogen (secondary N) is 2. The van der Waals surface area contributed by atoms with E-state index in [4.69, 9.17) is 0 Å². The lowest BCUT2D eigenvalue weighted by Gasteiger charge is -2.11. The van der Waals surface area contributed by atoms with Crippen LogP contribution in [0, 0.1) is 0 Å². The van der Waals surface area contributed by atoms with Crippen LogP contribution in [-0.4, -0.2) is 25.4 Å². The summed E-state index contributed by atoms with van der Waals surface area (Å²) >= 11 is 0. The summed E-state index contributed by atoms with van der Waals surface area (Å²) in [6, 6.07) is 13.4. The van der Waals surface area contributed by atoms with Gasteiger partial charge in [0.25, 0.3) is 0 Å². The van der Waals surface area contributed by atoms with Crippen LogP contribution in [-0.2, 0) is 11.0 Å². The predicted octanol–water partition coefficient (Wildman–Crippen LogP) is 4.91. The molecule has 2 N–H and O–H groups in total. The highest BCUT2D eigenvalue weighted by atomic mass is 19.4. The van der Waals surface area contributed by atoms with Crippen molar-refractivity contribution in [2.45, 2.75) is 13.1 Å². The Labute approximate surface area is 189 Å². The van der Waals surface area contributed by atoms with Gasteiger partial charge in [0.1, 0.15) is 5.82 Å². The lowest BCUT2D eigenvalue weighted by molar-refractivity contribution is -0.137. The maximum Gasteiger partial charge on any atom is 0.416 e. The number of benzene rings is 2. The molecule has 7 nitrogen and oxygen atoms in total. The highest BCUT2D eigenvalue weighted by Gasteiger charge is 2.30. The normalized spacial score (nSPS) is 11.8. The van der Waals surface area contributed by atoms with Gasteiger partial charge < -0.3 is 10.3 Å². The van der Waals surface area contributed by atoms with Gasteiger partial charge in [0.05, 0.1) is 34.0 Å². The molecule has 34 heavy (non-hydrogen) atoms. The molecule has 0 atom stereocenters. The highest BCUT2D eigenvalue weighted by Crippen LogP contribution is 2.32. The second-order valence-corrected chi connectivity index (χ2v) is 7.68. The third-order valence-corrected chi connectivity index (χ3v) is 5.34. The standard InChI is InChI=1S/C24H16F3N5O2/c1-13(33)30-21-8-6-15(11-29-21)14-5-7-19-18(9-14)22-20(12-28-19)31-23(34)32(22)17-4-2-3-16(10-17)24(25,26)27/h2-12H,1H3,(H,31,34)(H,29,30,33). The van der Waals surface area contributed by atoms with E-state index in [1.54, 1.807) is 30.5 Å². The van der Waals surface area contributed by atoms with Gasteiger partial charge in [-0.15, -0.1) is 0 Å². The van der Waals surface area contributed by atoms with Crippen LogP contribution >= 0.6 is 0 Å². The monoisotopic (exact) mass is 463 g/mol. The number of anilines is 1. The molecule has 0 aliphatic rings. The van der Waals surface area contributed by atoms with E-state index in [0.29, 0.717) is 27.8 Å². The summed E-state index contributed by atoms with van der Waals surface area (Å²) in [5, 5.41) is 3.18. The van der Waals surface area contributed by atoms with E-state index < -0.39 is 17.4 Å². The maximum absolute atomic E-state index is 13.3. The van der Waals surface area contributed by atoms with Gasteiger partial charge in [-0.05, 0) is 48.0 Å². The molecule has 0 fully saturated rings. The van der Waals surface area contributed by atoms with Crippen LogP contribution in [0.5, 0.6) is 0 Å². The zero-order valence-electron chi connectivity index (χ0n) is 17.6. The van der Waals surface area contributed by atoms with Crippen molar-refractivity contribution in [3.63, 3.8) is 0 Å². The smallest absolute Gasteiger partial charge is 0.311 e. The Morgan fingerprint density at radius 3 is 2.50 bits per heavy atom. The van der Waals surface area contributed by atoms with Crippen molar-refractivity contribution in [1.29, 1.82) is 0 Å². The molecule has 5 rings (SSSR count). The largest absolute Gasteiger partial charge is 0.416 e. The number of aromatic amines is 1. The van der Waals surface area contributed by atoms with E-state index in [9.17, 15) is 22.8 Å². The molecule has 3 aromatic heterocycles. The van der Waals surface area contributed by atoms with Crippen LogP contribution in [0.2, 0.25) is 0 Å². The molecule has 170 valence electrons. The van der Waals surface area contributed by atoms with Gasteiger partial charge in [-0.3, -0.25) is 14.3 Å². The average molecular weight is 463 g/mol. The Kier molecular flexibility index (Phi) is 4.93. The van der Waals surface area contributed by atoms with Crippen molar-refractivity contribution in [3.8, 4) is 16.8 Å². The number of alkyl halides is 3. The first-order valence-corrected chi connectivity index (χ1v) is 10.2. The number of pyridine rings is 2. The van der Waals surface area contributed by atoms with Crippen LogP contribution in [0.1, 0.15) is 12.5 Å². The summed E-state index contributed by atoms with van der Waals surface area (Å²) in [7, 11) is 0. The summed E-state index contributed by atoms with van der Waals surface area (Å²) < 4.78 is 41.1. The van der Waals surface area contributed by atoms with E-state index in [1.165, 1.54) is 29.8 Å². The molecule has 0 aliphatic heterocycles. The SMILES string of the molecule is CC(=O)Nc1ccc(-c2ccc3ncc4[nH]c(=O)n(-c5cccc(C(F)(F)F)c5)c4c3c2)cn1. The summed E-state index contributed by atoms with van der Waals surface area (Å²) in [4.78, 5) is 35.3. The average Bonchev–Trinajstić information content (AvgIpc) is 3.14. The van der Waals surface area contributed by atoms with Crippen molar-refractivity contribution in [3.05, 3.63) is 83.0 Å². The number of hydrogen-bond acceptors (Lipinski definition) is 4. The number of rotatable bonds is 3. The third kappa shape index (κ3) is 3.79. The second kappa shape index (κ2) is 7.84. The number of hydrogen-bond donors (Lipinski definition) is 2. The van der Waals surface area contributed by atoms with Crippen molar-refractivity contribution in [1.82, 2.24) is 19.5 Å². The predicted molar refractivity (Wildman–Crippen MR) is 122 cm³/mol. The molecule has 0 bridgehead atoms. The fourth-order valence-corrected chi connectivity index (χ4v) is 3.85. The molecule has 0 radical (unpaired) electrons. The first kappa shape index (κ1) is 21.4. The van der Waals surface area contributed by atoms with Gasteiger partial charge in [-0.1, -0.05) is 12.1 Å². The van der Waals surface area contributed by atoms with Crippen molar-refractivity contribution in [2.75, 3.05) is 5.32 Å². The zero-order chi connectivity index (χ0) is 24.0. The number of nitrogens with zero attached hydrogens (tertiary/aromatic N) is 3. The molecule has 2 aromatic carbocycles. The lowest BCUT2D eigenvalue weighted by Crippen LogP contribution is -2.15. The highest BCUT2D eigenvalue weighted by molar-refractivity contribution is 6.04. The fraction of sp³-hybridized carbons (Fsp3) is 0.0833. The van der Waals surface area contributed by atoms with Gasteiger partial charge in [0.15, 0.2) is 0 Å². The van der Waals surface area contributed by atoms with Crippen LogP contribution < -0.4 is 11.0 Å². The molecule has 3 heterocycles. The Hall–Kier alpha value is -4.47. The van der Waals surface area contributed by atoms with Gasteiger partial charge in [0.2, 0.25) is 5.91 Å². The number of amides is 1. The molecule has 0 saturated heterocycles. The van der Waals surface area contributed by atoms with E-state index in [-0.39, 0.29) is 11.6 Å². The summed E-state index contributed by atoms with van der Waals surface area (Å²) in [5.74, 6) is 0.171. The van der Waals surface area contributed by atoms with E-state index >= 15 is 0 Å². The lowest BCUT2D eigenvalue weighted by atomic mass is 10.0. The van der Waals surface area contributed by atoms with Crippen molar-refractivity contribution < 1.29 is 18.0 Å². The Bertz CT molecular complexity index is 1620. The first-order chi connectivity index (χ1) is 16.2. The molecule has 10 heteroatoms. The van der Waals surface area contributed by atoms with Gasteiger partial charge in [0, 0.05) is 24.1 Å². The molecule has 0 saturated carbocycles. The number of fused-ring (bicyclic) bond motifs is 3. The summed E-state index contributed by atoms with van der Waals surface area (Å²) in [6.45, 7) is 1.39.